The fraction of sp³-hybridized carbons (Fsp3) is 0.857. The Labute approximate surface area is 69.6 Å². The molecule has 1 heterocycles. The maximum Gasteiger partial charge on any atom is 0.155 e. The standard InChI is InChI=1S/C7H12O5/c8-2-4-1-6(10)12-5(3-9)7(4)11/h2,4-7,9-11H,1,3H2/t4?,5?,6-,7-/m0/s1. The summed E-state index contributed by atoms with van der Waals surface area (Å²) in [6, 6.07) is 0. The number of rotatable bonds is 2. The Morgan fingerprint density at radius 3 is 2.67 bits per heavy atom. The third-order valence-corrected chi connectivity index (χ3v) is 1.98. The highest BCUT2D eigenvalue weighted by Crippen LogP contribution is 2.22. The first-order valence-corrected chi connectivity index (χ1v) is 3.76. The van der Waals surface area contributed by atoms with E-state index < -0.39 is 31.0 Å². The molecule has 0 amide bonds. The van der Waals surface area contributed by atoms with Crippen molar-refractivity contribution < 1.29 is 24.9 Å². The van der Waals surface area contributed by atoms with Crippen molar-refractivity contribution in [3.05, 3.63) is 0 Å². The second-order valence-electron chi connectivity index (χ2n) is 2.84. The number of carbonyl (C=O) groups excluding carboxylic acids is 1. The van der Waals surface area contributed by atoms with Gasteiger partial charge in [0.1, 0.15) is 12.4 Å². The summed E-state index contributed by atoms with van der Waals surface area (Å²) in [4.78, 5) is 10.4. The zero-order valence-electron chi connectivity index (χ0n) is 6.46. The molecule has 3 N–H and O–H groups in total. The van der Waals surface area contributed by atoms with E-state index >= 15 is 0 Å². The van der Waals surface area contributed by atoms with E-state index in [1.54, 1.807) is 0 Å². The molecule has 0 bridgehead atoms. The van der Waals surface area contributed by atoms with Gasteiger partial charge in [-0.05, 0) is 0 Å². The van der Waals surface area contributed by atoms with Crippen LogP contribution < -0.4 is 0 Å². The average Bonchev–Trinajstić information content (AvgIpc) is 2.08. The second kappa shape index (κ2) is 3.95. The van der Waals surface area contributed by atoms with Gasteiger partial charge in [0.25, 0.3) is 0 Å². The molecule has 70 valence electrons. The van der Waals surface area contributed by atoms with Crippen LogP contribution in [0.4, 0.5) is 0 Å². The van der Waals surface area contributed by atoms with Gasteiger partial charge in [0.2, 0.25) is 0 Å². The Morgan fingerprint density at radius 2 is 2.17 bits per heavy atom. The lowest BCUT2D eigenvalue weighted by Gasteiger charge is -2.33. The quantitative estimate of drug-likeness (QED) is 0.435. The van der Waals surface area contributed by atoms with Crippen molar-refractivity contribution in [1.82, 2.24) is 0 Å². The molecule has 1 fully saturated rings. The molecule has 5 heteroatoms. The number of ether oxygens (including phenoxy) is 1. The molecule has 4 atom stereocenters. The van der Waals surface area contributed by atoms with E-state index in [4.69, 9.17) is 14.9 Å². The van der Waals surface area contributed by atoms with Crippen LogP contribution in [0, 0.1) is 5.92 Å². The first kappa shape index (κ1) is 9.60. The van der Waals surface area contributed by atoms with E-state index in [1.807, 2.05) is 0 Å². The lowest BCUT2D eigenvalue weighted by Crippen LogP contribution is -2.47. The summed E-state index contributed by atoms with van der Waals surface area (Å²) in [6.45, 7) is -0.400. The van der Waals surface area contributed by atoms with Gasteiger partial charge in [-0.25, -0.2) is 0 Å². The van der Waals surface area contributed by atoms with E-state index in [0.29, 0.717) is 6.29 Å². The number of hydrogen-bond donors (Lipinski definition) is 3. The molecule has 5 nitrogen and oxygen atoms in total. The maximum absolute atomic E-state index is 10.4. The van der Waals surface area contributed by atoms with Crippen LogP contribution in [0.5, 0.6) is 0 Å². The lowest BCUT2D eigenvalue weighted by atomic mass is 9.93. The van der Waals surface area contributed by atoms with Crippen molar-refractivity contribution in [3.8, 4) is 0 Å². The molecule has 0 radical (unpaired) electrons. The van der Waals surface area contributed by atoms with Gasteiger partial charge in [-0.3, -0.25) is 0 Å². The van der Waals surface area contributed by atoms with Gasteiger partial charge < -0.3 is 24.9 Å². The van der Waals surface area contributed by atoms with Gasteiger partial charge in [0.05, 0.1) is 12.7 Å². The molecular formula is C7H12O5. The van der Waals surface area contributed by atoms with E-state index in [-0.39, 0.29) is 6.42 Å². The normalized spacial score (nSPS) is 42.6. The van der Waals surface area contributed by atoms with Crippen LogP contribution in [-0.2, 0) is 9.53 Å². The zero-order valence-corrected chi connectivity index (χ0v) is 6.46. The van der Waals surface area contributed by atoms with Crippen molar-refractivity contribution in [2.75, 3.05) is 6.61 Å². The van der Waals surface area contributed by atoms with Crippen LogP contribution in [0.2, 0.25) is 0 Å². The van der Waals surface area contributed by atoms with E-state index in [0.717, 1.165) is 0 Å². The molecule has 0 aromatic heterocycles. The van der Waals surface area contributed by atoms with Crippen molar-refractivity contribution in [3.63, 3.8) is 0 Å². The number of aldehydes is 1. The number of hydrogen-bond acceptors (Lipinski definition) is 5. The van der Waals surface area contributed by atoms with Gasteiger partial charge in [-0.2, -0.15) is 0 Å². The van der Waals surface area contributed by atoms with Crippen LogP contribution >= 0.6 is 0 Å². The maximum atomic E-state index is 10.4. The molecule has 0 spiro atoms. The summed E-state index contributed by atoms with van der Waals surface area (Å²) in [5.41, 5.74) is 0. The summed E-state index contributed by atoms with van der Waals surface area (Å²) in [5, 5.41) is 27.0. The van der Waals surface area contributed by atoms with Gasteiger partial charge in [0, 0.05) is 12.3 Å². The highest BCUT2D eigenvalue weighted by molar-refractivity contribution is 5.54. The third-order valence-electron chi connectivity index (χ3n) is 1.98. The van der Waals surface area contributed by atoms with Crippen molar-refractivity contribution >= 4 is 6.29 Å². The number of carbonyl (C=O) groups is 1. The van der Waals surface area contributed by atoms with Crippen molar-refractivity contribution in [2.24, 2.45) is 5.92 Å². The van der Waals surface area contributed by atoms with Gasteiger partial charge >= 0.3 is 0 Å². The smallest absolute Gasteiger partial charge is 0.155 e. The Bertz CT molecular complexity index is 160. The average molecular weight is 176 g/mol. The Balaban J connectivity index is 2.60. The molecule has 0 aliphatic carbocycles. The molecule has 1 rings (SSSR count). The van der Waals surface area contributed by atoms with Gasteiger partial charge in [0.15, 0.2) is 6.29 Å². The summed E-state index contributed by atoms with van der Waals surface area (Å²) in [5.74, 6) is -0.647. The van der Waals surface area contributed by atoms with Gasteiger partial charge in [-0.1, -0.05) is 0 Å². The fourth-order valence-corrected chi connectivity index (χ4v) is 1.27. The largest absolute Gasteiger partial charge is 0.394 e. The Hall–Kier alpha value is -0.490. The Morgan fingerprint density at radius 1 is 1.50 bits per heavy atom. The lowest BCUT2D eigenvalue weighted by molar-refractivity contribution is -0.222. The predicted molar refractivity (Wildman–Crippen MR) is 38.1 cm³/mol. The summed E-state index contributed by atoms with van der Waals surface area (Å²) in [7, 11) is 0. The van der Waals surface area contributed by atoms with Crippen LogP contribution in [0.25, 0.3) is 0 Å². The molecule has 1 aliphatic rings. The molecular weight excluding hydrogens is 164 g/mol. The minimum Gasteiger partial charge on any atom is -0.394 e. The van der Waals surface area contributed by atoms with Crippen molar-refractivity contribution in [1.29, 1.82) is 0 Å². The van der Waals surface area contributed by atoms with Crippen molar-refractivity contribution in [2.45, 2.75) is 24.9 Å². The van der Waals surface area contributed by atoms with Gasteiger partial charge in [-0.15, -0.1) is 0 Å². The molecule has 2 unspecified atom stereocenters. The topological polar surface area (TPSA) is 87.0 Å². The monoisotopic (exact) mass is 176 g/mol. The van der Waals surface area contributed by atoms with Crippen LogP contribution in [0.15, 0.2) is 0 Å². The minimum absolute atomic E-state index is 0.0845. The van der Waals surface area contributed by atoms with E-state index in [9.17, 15) is 9.90 Å². The second-order valence-corrected chi connectivity index (χ2v) is 2.84. The molecule has 1 aliphatic heterocycles. The molecule has 12 heavy (non-hydrogen) atoms. The third kappa shape index (κ3) is 1.81. The van der Waals surface area contributed by atoms with E-state index in [2.05, 4.69) is 0 Å². The first-order valence-electron chi connectivity index (χ1n) is 3.76. The zero-order chi connectivity index (χ0) is 9.14. The summed E-state index contributed by atoms with van der Waals surface area (Å²) >= 11 is 0. The van der Waals surface area contributed by atoms with Crippen LogP contribution in [-0.4, -0.2) is 46.7 Å². The predicted octanol–water partition coefficient (Wildman–Crippen LogP) is -1.74. The fourth-order valence-electron chi connectivity index (χ4n) is 1.27. The summed E-state index contributed by atoms with van der Waals surface area (Å²) in [6.07, 6.45) is -2.29. The number of aliphatic hydroxyl groups is 3. The molecule has 0 saturated carbocycles. The highest BCUT2D eigenvalue weighted by atomic mass is 16.6. The molecule has 0 aromatic rings. The number of aliphatic hydroxyl groups excluding tert-OH is 3. The minimum atomic E-state index is -1.07. The summed E-state index contributed by atoms with van der Waals surface area (Å²) < 4.78 is 4.78. The Kier molecular flexibility index (Phi) is 3.16. The van der Waals surface area contributed by atoms with E-state index in [1.165, 1.54) is 0 Å². The highest BCUT2D eigenvalue weighted by Gasteiger charge is 2.36. The SMILES string of the molecule is O=CC1C[C@@H](O)OC(CO)[C@H]1O. The first-order chi connectivity index (χ1) is 5.69. The molecule has 1 saturated heterocycles. The van der Waals surface area contributed by atoms with Crippen LogP contribution in [0.3, 0.4) is 0 Å². The molecule has 0 aromatic carbocycles. The van der Waals surface area contributed by atoms with Crippen LogP contribution in [0.1, 0.15) is 6.42 Å².